The fourth-order valence-corrected chi connectivity index (χ4v) is 6.62. The Balaban J connectivity index is 0. The first-order valence-corrected chi connectivity index (χ1v) is 21.1. The molecule has 0 aromatic heterocycles. The van der Waals surface area contributed by atoms with Crippen LogP contribution in [0.2, 0.25) is 0 Å². The van der Waals surface area contributed by atoms with Gasteiger partial charge in [-0.1, -0.05) is 219 Å². The van der Waals surface area contributed by atoms with E-state index in [4.69, 9.17) is 0 Å². The van der Waals surface area contributed by atoms with Crippen molar-refractivity contribution in [2.24, 2.45) is 5.92 Å². The van der Waals surface area contributed by atoms with Crippen LogP contribution in [0.15, 0.2) is 12.2 Å². The summed E-state index contributed by atoms with van der Waals surface area (Å²) in [6.07, 6.45) is 48.2. The molecule has 0 aliphatic carbocycles. The van der Waals surface area contributed by atoms with E-state index < -0.39 is 10.4 Å². The van der Waals surface area contributed by atoms with Crippen molar-refractivity contribution < 1.29 is 68.5 Å². The summed E-state index contributed by atoms with van der Waals surface area (Å²) >= 11 is 0. The van der Waals surface area contributed by atoms with Crippen LogP contribution < -0.4 is 51.4 Å². The molecule has 0 rings (SSSR count). The summed E-state index contributed by atoms with van der Waals surface area (Å²) in [6.45, 7) is 4.54. The Morgan fingerprint density at radius 1 is 0.489 bits per heavy atom. The van der Waals surface area contributed by atoms with Crippen molar-refractivity contribution in [2.45, 2.75) is 226 Å². The van der Waals surface area contributed by atoms with E-state index in [1.54, 1.807) is 0 Å². The van der Waals surface area contributed by atoms with Crippen LogP contribution in [-0.4, -0.2) is 19.6 Å². The van der Waals surface area contributed by atoms with E-state index in [2.05, 4.69) is 30.2 Å². The molecule has 0 amide bonds. The largest absolute Gasteiger partial charge is 1.00 e. The second kappa shape index (κ2) is 39.7. The van der Waals surface area contributed by atoms with Gasteiger partial charge in [0.15, 0.2) is 0 Å². The topological polar surface area (TPSA) is 66.4 Å². The molecule has 0 aromatic rings. The van der Waals surface area contributed by atoms with E-state index >= 15 is 0 Å². The summed E-state index contributed by atoms with van der Waals surface area (Å²) in [6, 6.07) is 0. The molecule has 0 aliphatic heterocycles. The Hall–Kier alpha value is 1.25. The predicted molar refractivity (Wildman–Crippen MR) is 192 cm³/mol. The Morgan fingerprint density at radius 3 is 1.09 bits per heavy atom. The van der Waals surface area contributed by atoms with Gasteiger partial charge in [0.05, 0.1) is 6.61 Å². The monoisotopic (exact) mass is 681 g/mol. The molecule has 6 heteroatoms. The molecule has 0 radical (unpaired) electrons. The standard InChI is InChI=1S/C39H78O4S.K/c1-3-5-7-9-11-13-15-17-19-20-21-22-23-25-27-29-31-33-35-37-39(38-43-44(40,41)42)36-34-32-30-28-26-24-18-16-14-12-10-8-6-4-2;/h35,37,39H,3-34,36,38H2,1-2H3,(H,40,41,42);/q;+1/p-1/b37-35+;. The van der Waals surface area contributed by atoms with E-state index in [0.717, 1.165) is 19.3 Å². The first-order valence-electron chi connectivity index (χ1n) is 19.8. The maximum absolute atomic E-state index is 11.0. The van der Waals surface area contributed by atoms with Gasteiger partial charge < -0.3 is 4.55 Å². The van der Waals surface area contributed by atoms with E-state index in [-0.39, 0.29) is 63.9 Å². The van der Waals surface area contributed by atoms with Crippen LogP contribution in [-0.2, 0) is 14.6 Å². The van der Waals surface area contributed by atoms with Gasteiger partial charge in [0.25, 0.3) is 0 Å². The summed E-state index contributed by atoms with van der Waals surface area (Å²) in [7, 11) is -4.63. The molecule has 1 atom stereocenters. The van der Waals surface area contributed by atoms with E-state index in [9.17, 15) is 13.0 Å². The number of rotatable bonds is 37. The molecule has 1 unspecified atom stereocenters. The zero-order chi connectivity index (χ0) is 32.2. The molecule has 45 heavy (non-hydrogen) atoms. The minimum atomic E-state index is -4.63. The average Bonchev–Trinajstić information content (AvgIpc) is 3.00. The number of hydrogen-bond donors (Lipinski definition) is 0. The van der Waals surface area contributed by atoms with Crippen LogP contribution in [0.25, 0.3) is 0 Å². The third kappa shape index (κ3) is 43.2. The smallest absolute Gasteiger partial charge is 0.726 e. The van der Waals surface area contributed by atoms with Gasteiger partial charge in [-0.25, -0.2) is 8.42 Å². The normalized spacial score (nSPS) is 12.6. The maximum Gasteiger partial charge on any atom is 1.00 e. The average molecular weight is 681 g/mol. The Morgan fingerprint density at radius 2 is 0.778 bits per heavy atom. The second-order valence-electron chi connectivity index (χ2n) is 13.7. The molecule has 4 nitrogen and oxygen atoms in total. The van der Waals surface area contributed by atoms with Crippen LogP contribution in [0, 0.1) is 5.92 Å². The van der Waals surface area contributed by atoms with Gasteiger partial charge in [-0.05, 0) is 19.3 Å². The third-order valence-corrected chi connectivity index (χ3v) is 9.66. The van der Waals surface area contributed by atoms with Crippen LogP contribution in [0.4, 0.5) is 0 Å². The fourth-order valence-electron chi connectivity index (χ4n) is 6.28. The number of hydrogen-bond acceptors (Lipinski definition) is 4. The molecule has 0 heterocycles. The summed E-state index contributed by atoms with van der Waals surface area (Å²) in [5.74, 6) is 0.0156. The van der Waals surface area contributed by atoms with Crippen molar-refractivity contribution >= 4 is 10.4 Å². The van der Waals surface area contributed by atoms with Crippen molar-refractivity contribution in [2.75, 3.05) is 6.61 Å². The van der Waals surface area contributed by atoms with Crippen molar-refractivity contribution in [3.05, 3.63) is 12.2 Å². The molecule has 0 fully saturated rings. The number of unbranched alkanes of at least 4 members (excludes halogenated alkanes) is 30. The zero-order valence-corrected chi connectivity index (χ0v) is 34.8. The first-order chi connectivity index (χ1) is 21.5. The van der Waals surface area contributed by atoms with Crippen molar-refractivity contribution in [3.63, 3.8) is 0 Å². The summed E-state index contributed by atoms with van der Waals surface area (Å²) in [5, 5.41) is 0. The Kier molecular flexibility index (Phi) is 42.6. The minimum absolute atomic E-state index is 0. The van der Waals surface area contributed by atoms with Crippen LogP contribution in [0.1, 0.15) is 226 Å². The molecular weight excluding hydrogens is 604 g/mol. The van der Waals surface area contributed by atoms with Gasteiger partial charge in [0.1, 0.15) is 0 Å². The van der Waals surface area contributed by atoms with Crippen LogP contribution >= 0.6 is 0 Å². The summed E-state index contributed by atoms with van der Waals surface area (Å²) in [4.78, 5) is 0. The minimum Gasteiger partial charge on any atom is -0.726 e. The Bertz CT molecular complexity index is 683. The Labute approximate surface area is 326 Å². The molecule has 264 valence electrons. The number of allylic oxidation sites excluding steroid dienone is 1. The van der Waals surface area contributed by atoms with Gasteiger partial charge in [-0.2, -0.15) is 0 Å². The second-order valence-corrected chi connectivity index (χ2v) is 14.8. The molecule has 0 aromatic carbocycles. The molecular formula is C39H77KO4S. The summed E-state index contributed by atoms with van der Waals surface area (Å²) < 4.78 is 37.6. The van der Waals surface area contributed by atoms with Gasteiger partial charge >= 0.3 is 51.4 Å². The van der Waals surface area contributed by atoms with E-state index in [1.807, 2.05) is 0 Å². The quantitative estimate of drug-likeness (QED) is 0.0215. The third-order valence-electron chi connectivity index (χ3n) is 9.24. The molecule has 0 saturated heterocycles. The fraction of sp³-hybridized carbons (Fsp3) is 0.949. The molecule has 0 aliphatic rings. The molecule has 0 saturated carbocycles. The maximum atomic E-state index is 11.0. The van der Waals surface area contributed by atoms with Gasteiger partial charge in [0, 0.05) is 5.92 Å². The van der Waals surface area contributed by atoms with E-state index in [0.29, 0.717) is 0 Å². The van der Waals surface area contributed by atoms with Gasteiger partial charge in [-0.3, -0.25) is 4.18 Å². The van der Waals surface area contributed by atoms with Gasteiger partial charge in [0.2, 0.25) is 10.4 Å². The van der Waals surface area contributed by atoms with Gasteiger partial charge in [-0.15, -0.1) is 0 Å². The SMILES string of the molecule is CCCCCCCCCCCCCCCCCCC/C=C/C(CCCCCCCCCCCCCCCC)COS(=O)(=O)[O-].[K+]. The predicted octanol–water partition coefficient (Wildman–Crippen LogP) is 10.6. The van der Waals surface area contributed by atoms with E-state index in [1.165, 1.54) is 193 Å². The zero-order valence-electron chi connectivity index (χ0n) is 30.8. The summed E-state index contributed by atoms with van der Waals surface area (Å²) in [5.41, 5.74) is 0. The van der Waals surface area contributed by atoms with Crippen molar-refractivity contribution in [1.29, 1.82) is 0 Å². The van der Waals surface area contributed by atoms with Crippen LogP contribution in [0.5, 0.6) is 0 Å². The molecule has 0 spiro atoms. The van der Waals surface area contributed by atoms with Crippen LogP contribution in [0.3, 0.4) is 0 Å². The van der Waals surface area contributed by atoms with Crippen molar-refractivity contribution in [1.82, 2.24) is 0 Å². The van der Waals surface area contributed by atoms with Crippen molar-refractivity contribution in [3.8, 4) is 0 Å². The first kappa shape index (κ1) is 48.4. The molecule has 0 N–H and O–H groups in total. The molecule has 0 bridgehead atoms.